The number of nitrogens with zero attached hydrogens (tertiary/aromatic N) is 3. The molecule has 1 aromatic carbocycles. The second-order valence-corrected chi connectivity index (χ2v) is 7.23. The van der Waals surface area contributed by atoms with E-state index in [9.17, 15) is 9.18 Å². The Kier molecular flexibility index (Phi) is 5.45. The number of hydrogen-bond acceptors (Lipinski definition) is 4. The molecule has 0 atom stereocenters. The van der Waals surface area contributed by atoms with Crippen LogP contribution in [0.25, 0.3) is 0 Å². The van der Waals surface area contributed by atoms with E-state index >= 15 is 0 Å². The molecule has 8 heteroatoms. The molecule has 0 spiro atoms. The van der Waals surface area contributed by atoms with Crippen LogP contribution in [0.1, 0.15) is 34.7 Å². The number of hydrogen-bond donors (Lipinski definition) is 1. The molecule has 1 saturated heterocycles. The average molecular weight is 403 g/mol. The number of carbonyl (C=O) groups excluding carboxylic acids is 1. The van der Waals surface area contributed by atoms with Gasteiger partial charge in [-0.3, -0.25) is 14.4 Å². The predicted molar refractivity (Wildman–Crippen MR) is 104 cm³/mol. The zero-order chi connectivity index (χ0) is 19.5. The minimum atomic E-state index is -0.425. The molecule has 0 radical (unpaired) electrons. The zero-order valence-corrected chi connectivity index (χ0v) is 16.0. The van der Waals surface area contributed by atoms with Gasteiger partial charge in [0.15, 0.2) is 11.6 Å². The Bertz CT molecular complexity index is 978. The third-order valence-electron chi connectivity index (χ3n) is 4.70. The normalized spacial score (nSPS) is 14.5. The maximum absolute atomic E-state index is 13.8. The van der Waals surface area contributed by atoms with Gasteiger partial charge in [0.1, 0.15) is 16.6 Å². The molecular weight excluding hydrogens is 383 g/mol. The fraction of sp³-hybridized carbons (Fsp3) is 0.300. The summed E-state index contributed by atoms with van der Waals surface area (Å²) in [6.45, 7) is 3.02. The van der Waals surface area contributed by atoms with Gasteiger partial charge in [0.25, 0.3) is 5.91 Å². The van der Waals surface area contributed by atoms with Gasteiger partial charge in [-0.05, 0) is 44.1 Å². The number of nitrogens with one attached hydrogen (secondary N) is 1. The van der Waals surface area contributed by atoms with Crippen molar-refractivity contribution in [3.8, 4) is 0 Å². The van der Waals surface area contributed by atoms with Crippen molar-refractivity contribution in [2.24, 2.45) is 0 Å². The van der Waals surface area contributed by atoms with Crippen LogP contribution >= 0.6 is 11.6 Å². The summed E-state index contributed by atoms with van der Waals surface area (Å²) in [4.78, 5) is 14.7. The van der Waals surface area contributed by atoms with Gasteiger partial charge < -0.3 is 9.73 Å². The first-order valence-corrected chi connectivity index (χ1v) is 9.55. The van der Waals surface area contributed by atoms with E-state index in [0.29, 0.717) is 12.1 Å². The van der Waals surface area contributed by atoms with Gasteiger partial charge in [-0.25, -0.2) is 4.39 Å². The molecule has 3 heterocycles. The highest BCUT2D eigenvalue weighted by Crippen LogP contribution is 2.22. The maximum atomic E-state index is 13.8. The van der Waals surface area contributed by atoms with Crippen LogP contribution in [0.15, 0.2) is 47.0 Å². The van der Waals surface area contributed by atoms with E-state index in [0.717, 1.165) is 18.8 Å². The standard InChI is InChI=1S/C20H20ClFN4O2/c21-16-13-26(11-14-5-1-2-6-17(14)22)24-19(16)23-20(27)18-8-7-15(28-18)12-25-9-3-4-10-25/h1-2,5-8,13H,3-4,9-12H2,(H,23,24,27). The van der Waals surface area contributed by atoms with Gasteiger partial charge >= 0.3 is 0 Å². The fourth-order valence-electron chi connectivity index (χ4n) is 3.28. The largest absolute Gasteiger partial charge is 0.455 e. The molecule has 146 valence electrons. The number of carbonyl (C=O) groups is 1. The Morgan fingerprint density at radius 2 is 1.96 bits per heavy atom. The number of anilines is 1. The predicted octanol–water partition coefficient (Wildman–Crippen LogP) is 4.17. The quantitative estimate of drug-likeness (QED) is 0.672. The maximum Gasteiger partial charge on any atom is 0.292 e. The van der Waals surface area contributed by atoms with Gasteiger partial charge in [0.05, 0.1) is 13.1 Å². The van der Waals surface area contributed by atoms with Crippen molar-refractivity contribution in [1.82, 2.24) is 14.7 Å². The average Bonchev–Trinajstić information content (AvgIpc) is 3.41. The highest BCUT2D eigenvalue weighted by Gasteiger charge is 2.18. The molecule has 0 aliphatic carbocycles. The molecule has 1 aliphatic heterocycles. The number of halogens is 2. The van der Waals surface area contributed by atoms with Gasteiger partial charge in [0, 0.05) is 11.8 Å². The lowest BCUT2D eigenvalue weighted by Crippen LogP contribution is -2.18. The number of aromatic nitrogens is 2. The minimum absolute atomic E-state index is 0.203. The Hall–Kier alpha value is -2.64. The summed E-state index contributed by atoms with van der Waals surface area (Å²) in [5.74, 6) is 0.421. The molecule has 1 N–H and O–H groups in total. The Balaban J connectivity index is 1.41. The van der Waals surface area contributed by atoms with Gasteiger partial charge in [0.2, 0.25) is 0 Å². The molecular formula is C20H20ClFN4O2. The number of furan rings is 1. The van der Waals surface area contributed by atoms with Crippen LogP contribution in [-0.2, 0) is 13.1 Å². The summed E-state index contributed by atoms with van der Waals surface area (Å²) < 4.78 is 20.9. The number of amides is 1. The van der Waals surface area contributed by atoms with E-state index in [-0.39, 0.29) is 29.0 Å². The first-order valence-electron chi connectivity index (χ1n) is 9.17. The molecule has 4 rings (SSSR count). The zero-order valence-electron chi connectivity index (χ0n) is 15.2. The summed E-state index contributed by atoms with van der Waals surface area (Å²) in [6, 6.07) is 9.90. The summed E-state index contributed by atoms with van der Waals surface area (Å²) in [7, 11) is 0. The lowest BCUT2D eigenvalue weighted by atomic mass is 10.2. The third-order valence-corrected chi connectivity index (χ3v) is 4.98. The number of likely N-dealkylation sites (tertiary alicyclic amines) is 1. The van der Waals surface area contributed by atoms with E-state index in [1.54, 1.807) is 30.5 Å². The van der Waals surface area contributed by atoms with E-state index in [1.807, 2.05) is 6.07 Å². The second kappa shape index (κ2) is 8.16. The van der Waals surface area contributed by atoms with Crippen LogP contribution in [0.2, 0.25) is 5.02 Å². The second-order valence-electron chi connectivity index (χ2n) is 6.82. The first-order chi connectivity index (χ1) is 13.6. The Morgan fingerprint density at radius 3 is 2.75 bits per heavy atom. The van der Waals surface area contributed by atoms with Crippen molar-refractivity contribution in [3.05, 3.63) is 70.5 Å². The third kappa shape index (κ3) is 4.26. The molecule has 1 aliphatic rings. The topological polar surface area (TPSA) is 63.3 Å². The van der Waals surface area contributed by atoms with Gasteiger partial charge in [-0.15, -0.1) is 0 Å². The summed E-state index contributed by atoms with van der Waals surface area (Å²) >= 11 is 6.17. The van der Waals surface area contributed by atoms with Gasteiger partial charge in [-0.1, -0.05) is 29.8 Å². The number of rotatable bonds is 6. The Morgan fingerprint density at radius 1 is 1.18 bits per heavy atom. The molecule has 6 nitrogen and oxygen atoms in total. The molecule has 1 fully saturated rings. The summed E-state index contributed by atoms with van der Waals surface area (Å²) in [5, 5.41) is 7.16. The van der Waals surface area contributed by atoms with Crippen molar-refractivity contribution >= 4 is 23.3 Å². The van der Waals surface area contributed by atoms with Gasteiger partial charge in [-0.2, -0.15) is 5.10 Å². The molecule has 2 aromatic heterocycles. The van der Waals surface area contributed by atoms with Crippen LogP contribution in [0.5, 0.6) is 0 Å². The Labute approximate surface area is 166 Å². The first kappa shape index (κ1) is 18.7. The number of benzene rings is 1. The monoisotopic (exact) mass is 402 g/mol. The van der Waals surface area contributed by atoms with Crippen molar-refractivity contribution < 1.29 is 13.6 Å². The van der Waals surface area contributed by atoms with Crippen molar-refractivity contribution in [2.75, 3.05) is 18.4 Å². The molecule has 3 aromatic rings. The van der Waals surface area contributed by atoms with Crippen molar-refractivity contribution in [3.63, 3.8) is 0 Å². The SMILES string of the molecule is O=C(Nc1nn(Cc2ccccc2F)cc1Cl)c1ccc(CN2CCCC2)o1. The van der Waals surface area contributed by atoms with Crippen LogP contribution < -0.4 is 5.32 Å². The minimum Gasteiger partial charge on any atom is -0.455 e. The molecule has 1 amide bonds. The van der Waals surface area contributed by atoms with E-state index in [4.69, 9.17) is 16.0 Å². The summed E-state index contributed by atoms with van der Waals surface area (Å²) in [6.07, 6.45) is 3.94. The van der Waals surface area contributed by atoms with Crippen LogP contribution in [-0.4, -0.2) is 33.7 Å². The molecule has 0 bridgehead atoms. The molecule has 28 heavy (non-hydrogen) atoms. The van der Waals surface area contributed by atoms with Crippen molar-refractivity contribution in [2.45, 2.75) is 25.9 Å². The molecule has 0 saturated carbocycles. The van der Waals surface area contributed by atoms with Crippen LogP contribution in [0.3, 0.4) is 0 Å². The van der Waals surface area contributed by atoms with E-state index in [1.165, 1.54) is 23.6 Å². The molecule has 0 unspecified atom stereocenters. The van der Waals surface area contributed by atoms with E-state index in [2.05, 4.69) is 15.3 Å². The lowest BCUT2D eigenvalue weighted by molar-refractivity contribution is 0.0993. The highest BCUT2D eigenvalue weighted by atomic mass is 35.5. The lowest BCUT2D eigenvalue weighted by Gasteiger charge is -2.11. The van der Waals surface area contributed by atoms with Crippen LogP contribution in [0.4, 0.5) is 10.2 Å². The fourth-order valence-corrected chi connectivity index (χ4v) is 3.48. The van der Waals surface area contributed by atoms with E-state index < -0.39 is 5.91 Å². The highest BCUT2D eigenvalue weighted by molar-refractivity contribution is 6.33. The smallest absolute Gasteiger partial charge is 0.292 e. The summed E-state index contributed by atoms with van der Waals surface area (Å²) in [5.41, 5.74) is 0.483. The van der Waals surface area contributed by atoms with Crippen molar-refractivity contribution in [1.29, 1.82) is 0 Å². The van der Waals surface area contributed by atoms with Crippen LogP contribution in [0, 0.1) is 5.82 Å².